The molecule has 1 fully saturated rings. The molecule has 1 aromatic carbocycles. The molecule has 4 heterocycles. The summed E-state index contributed by atoms with van der Waals surface area (Å²) in [6.07, 6.45) is 0.325. The van der Waals surface area contributed by atoms with Crippen LogP contribution in [0.1, 0.15) is 28.0 Å². The number of aromatic nitrogens is 4. The molecular formula is C23H21F3N6O2. The Morgan fingerprint density at radius 3 is 2.76 bits per heavy atom. The Morgan fingerprint density at radius 2 is 2.06 bits per heavy atom. The van der Waals surface area contributed by atoms with Gasteiger partial charge >= 0.3 is 6.18 Å². The molecule has 0 saturated carbocycles. The third-order valence-electron chi connectivity index (χ3n) is 5.92. The van der Waals surface area contributed by atoms with E-state index in [1.54, 1.807) is 40.0 Å². The van der Waals surface area contributed by atoms with Crippen molar-refractivity contribution in [3.8, 4) is 0 Å². The minimum Gasteiger partial charge on any atom is -0.382 e. The maximum atomic E-state index is 13.6. The molecule has 1 atom stereocenters. The first-order chi connectivity index (χ1) is 16.3. The van der Waals surface area contributed by atoms with Crippen LogP contribution in [0.4, 0.5) is 19.0 Å². The average molecular weight is 470 g/mol. The van der Waals surface area contributed by atoms with Crippen molar-refractivity contribution in [2.45, 2.75) is 19.1 Å². The van der Waals surface area contributed by atoms with E-state index in [4.69, 9.17) is 10.5 Å². The van der Waals surface area contributed by atoms with Crippen LogP contribution in [0.5, 0.6) is 0 Å². The number of nitrogens with zero attached hydrogens (tertiary/aromatic N) is 5. The highest BCUT2D eigenvalue weighted by Crippen LogP contribution is 2.29. The number of pyridine rings is 1. The lowest BCUT2D eigenvalue weighted by atomic mass is 10.1. The molecule has 2 N–H and O–H groups in total. The minimum absolute atomic E-state index is 0.0754. The summed E-state index contributed by atoms with van der Waals surface area (Å²) in [6, 6.07) is 7.38. The zero-order valence-corrected chi connectivity index (χ0v) is 18.0. The highest BCUT2D eigenvalue weighted by molar-refractivity contribution is 5.98. The summed E-state index contributed by atoms with van der Waals surface area (Å²) >= 11 is 0. The molecule has 1 unspecified atom stereocenters. The van der Waals surface area contributed by atoms with Crippen molar-refractivity contribution in [1.29, 1.82) is 0 Å². The molecule has 1 amide bonds. The molecule has 3 aromatic heterocycles. The van der Waals surface area contributed by atoms with Gasteiger partial charge in [-0.25, -0.2) is 9.97 Å². The standard InChI is InChI=1S/C23H21F3N6O2/c24-23(25,26)16-2-3-17(29-8-16)11-31(10-14-5-6-34-12-14)22(33)15-1-4-18-19(7-15)32-13-28-9-20(32)21(27)30-18/h1-4,7-9,13-14H,5-6,10-12H2,(H2,27,30). The van der Waals surface area contributed by atoms with Crippen molar-refractivity contribution in [3.05, 3.63) is 65.9 Å². The first kappa shape index (κ1) is 22.1. The third-order valence-corrected chi connectivity index (χ3v) is 5.92. The van der Waals surface area contributed by atoms with E-state index in [0.29, 0.717) is 53.4 Å². The van der Waals surface area contributed by atoms with Crippen molar-refractivity contribution in [1.82, 2.24) is 24.3 Å². The molecule has 34 heavy (non-hydrogen) atoms. The Labute approximate surface area is 192 Å². The minimum atomic E-state index is -4.47. The first-order valence-electron chi connectivity index (χ1n) is 10.7. The molecule has 4 aromatic rings. The number of halogens is 3. The number of anilines is 1. The lowest BCUT2D eigenvalue weighted by molar-refractivity contribution is -0.137. The number of imidazole rings is 1. The lowest BCUT2D eigenvalue weighted by Gasteiger charge is -2.25. The number of hydrogen-bond donors (Lipinski definition) is 1. The number of ether oxygens (including phenoxy) is 1. The van der Waals surface area contributed by atoms with Crippen LogP contribution in [0.2, 0.25) is 0 Å². The molecule has 0 radical (unpaired) electrons. The molecule has 1 saturated heterocycles. The number of nitrogen functional groups attached to an aromatic ring is 1. The van der Waals surface area contributed by atoms with Crippen molar-refractivity contribution in [2.24, 2.45) is 5.92 Å². The van der Waals surface area contributed by atoms with E-state index in [1.165, 1.54) is 6.07 Å². The van der Waals surface area contributed by atoms with Gasteiger partial charge in [0, 0.05) is 30.8 Å². The number of alkyl halides is 3. The van der Waals surface area contributed by atoms with Crippen molar-refractivity contribution in [2.75, 3.05) is 25.5 Å². The summed E-state index contributed by atoms with van der Waals surface area (Å²) < 4.78 is 45.9. The summed E-state index contributed by atoms with van der Waals surface area (Å²) in [4.78, 5) is 27.6. The van der Waals surface area contributed by atoms with Crippen LogP contribution in [0.15, 0.2) is 49.1 Å². The SMILES string of the molecule is Nc1nc2ccc(C(=O)N(Cc3ccc(C(F)(F)F)cn3)CC3CCOC3)cc2n2cncc12. The van der Waals surface area contributed by atoms with Crippen LogP contribution in [0.3, 0.4) is 0 Å². The summed E-state index contributed by atoms with van der Waals surface area (Å²) in [5.74, 6) is 0.210. The number of carbonyl (C=O) groups excluding carboxylic acids is 1. The topological polar surface area (TPSA) is 98.6 Å². The monoisotopic (exact) mass is 470 g/mol. The summed E-state index contributed by atoms with van der Waals surface area (Å²) in [5.41, 5.74) is 7.86. The molecule has 11 heteroatoms. The van der Waals surface area contributed by atoms with E-state index < -0.39 is 11.7 Å². The van der Waals surface area contributed by atoms with Gasteiger partial charge in [-0.05, 0) is 36.8 Å². The quantitative estimate of drug-likeness (QED) is 0.479. The maximum absolute atomic E-state index is 13.6. The summed E-state index contributed by atoms with van der Waals surface area (Å²) in [6.45, 7) is 1.62. The van der Waals surface area contributed by atoms with Crippen LogP contribution in [0, 0.1) is 5.92 Å². The Hall–Kier alpha value is -3.73. The van der Waals surface area contributed by atoms with Crippen molar-refractivity contribution in [3.63, 3.8) is 0 Å². The molecule has 0 spiro atoms. The predicted octanol–water partition coefficient (Wildman–Crippen LogP) is 3.56. The molecule has 0 aliphatic carbocycles. The maximum Gasteiger partial charge on any atom is 0.417 e. The van der Waals surface area contributed by atoms with E-state index in [2.05, 4.69) is 15.0 Å². The highest BCUT2D eigenvalue weighted by Gasteiger charge is 2.31. The van der Waals surface area contributed by atoms with Gasteiger partial charge in [-0.3, -0.25) is 14.2 Å². The van der Waals surface area contributed by atoms with Gasteiger partial charge in [0.1, 0.15) is 11.3 Å². The van der Waals surface area contributed by atoms with Gasteiger partial charge in [0.15, 0.2) is 0 Å². The van der Waals surface area contributed by atoms with Crippen LogP contribution in [-0.2, 0) is 17.5 Å². The van der Waals surface area contributed by atoms with Crippen molar-refractivity contribution < 1.29 is 22.7 Å². The second kappa shape index (κ2) is 8.56. The van der Waals surface area contributed by atoms with Gasteiger partial charge in [-0.2, -0.15) is 13.2 Å². The zero-order chi connectivity index (χ0) is 23.9. The largest absolute Gasteiger partial charge is 0.417 e. The van der Waals surface area contributed by atoms with Gasteiger partial charge in [0.05, 0.1) is 48.0 Å². The Kier molecular flexibility index (Phi) is 5.56. The van der Waals surface area contributed by atoms with Crippen molar-refractivity contribution >= 4 is 28.3 Å². The second-order valence-corrected chi connectivity index (χ2v) is 8.30. The number of amides is 1. The lowest BCUT2D eigenvalue weighted by Crippen LogP contribution is -2.35. The Morgan fingerprint density at radius 1 is 1.21 bits per heavy atom. The number of benzene rings is 1. The van der Waals surface area contributed by atoms with Crippen LogP contribution >= 0.6 is 0 Å². The molecule has 8 nitrogen and oxygen atoms in total. The third kappa shape index (κ3) is 4.26. The Balaban J connectivity index is 1.47. The van der Waals surface area contributed by atoms with E-state index in [-0.39, 0.29) is 18.4 Å². The number of carbonyl (C=O) groups is 1. The first-order valence-corrected chi connectivity index (χ1v) is 10.7. The Bertz CT molecular complexity index is 1350. The number of fused-ring (bicyclic) bond motifs is 3. The summed E-state index contributed by atoms with van der Waals surface area (Å²) in [5, 5.41) is 0. The average Bonchev–Trinajstić information content (AvgIpc) is 3.51. The molecule has 0 bridgehead atoms. The van der Waals surface area contributed by atoms with Gasteiger partial charge < -0.3 is 15.4 Å². The fourth-order valence-electron chi connectivity index (χ4n) is 4.13. The fourth-order valence-corrected chi connectivity index (χ4v) is 4.13. The van der Waals surface area contributed by atoms with E-state index in [0.717, 1.165) is 18.7 Å². The van der Waals surface area contributed by atoms with E-state index >= 15 is 0 Å². The molecule has 176 valence electrons. The van der Waals surface area contributed by atoms with Crippen LogP contribution in [0.25, 0.3) is 16.6 Å². The van der Waals surface area contributed by atoms with Gasteiger partial charge in [-0.1, -0.05) is 0 Å². The van der Waals surface area contributed by atoms with Gasteiger partial charge in [0.2, 0.25) is 0 Å². The van der Waals surface area contributed by atoms with E-state index in [9.17, 15) is 18.0 Å². The van der Waals surface area contributed by atoms with Gasteiger partial charge in [0.25, 0.3) is 5.91 Å². The smallest absolute Gasteiger partial charge is 0.382 e. The van der Waals surface area contributed by atoms with Crippen LogP contribution in [-0.4, -0.2) is 49.9 Å². The second-order valence-electron chi connectivity index (χ2n) is 8.30. The number of nitrogens with two attached hydrogens (primary N) is 1. The van der Waals surface area contributed by atoms with Gasteiger partial charge in [-0.15, -0.1) is 0 Å². The molecule has 5 rings (SSSR count). The fraction of sp³-hybridized carbons (Fsp3) is 0.304. The molecule has 1 aliphatic rings. The van der Waals surface area contributed by atoms with Crippen LogP contribution < -0.4 is 5.73 Å². The zero-order valence-electron chi connectivity index (χ0n) is 18.0. The molecular weight excluding hydrogens is 449 g/mol. The normalized spacial score (nSPS) is 16.4. The highest BCUT2D eigenvalue weighted by atomic mass is 19.4. The molecule has 1 aliphatic heterocycles. The number of rotatable bonds is 5. The number of hydrogen-bond acceptors (Lipinski definition) is 6. The van der Waals surface area contributed by atoms with E-state index in [1.807, 2.05) is 0 Å². The predicted molar refractivity (Wildman–Crippen MR) is 118 cm³/mol. The summed E-state index contributed by atoms with van der Waals surface area (Å²) in [7, 11) is 0.